The van der Waals surface area contributed by atoms with E-state index < -0.39 is 12.6 Å². The number of hydrogen-bond acceptors (Lipinski definition) is 5. The number of benzene rings is 2. The molecule has 2 rings (SSSR count). The zero-order valence-electron chi connectivity index (χ0n) is 16.4. The zero-order chi connectivity index (χ0) is 20.5. The van der Waals surface area contributed by atoms with Crippen LogP contribution in [-0.2, 0) is 20.9 Å². The molecule has 2 aromatic rings. The van der Waals surface area contributed by atoms with E-state index in [0.29, 0.717) is 17.9 Å². The Morgan fingerprint density at radius 1 is 1.07 bits per heavy atom. The summed E-state index contributed by atoms with van der Waals surface area (Å²) in [5.74, 6) is -0.942. The van der Waals surface area contributed by atoms with Crippen molar-refractivity contribution in [2.45, 2.75) is 26.9 Å². The van der Waals surface area contributed by atoms with Crippen LogP contribution in [0.25, 0.3) is 0 Å². The average Bonchev–Trinajstić information content (AvgIpc) is 2.66. The van der Waals surface area contributed by atoms with Crippen molar-refractivity contribution in [2.75, 3.05) is 25.2 Å². The van der Waals surface area contributed by atoms with E-state index in [0.717, 1.165) is 16.7 Å². The summed E-state index contributed by atoms with van der Waals surface area (Å²) in [7, 11) is 1.60. The highest BCUT2D eigenvalue weighted by atomic mass is 16.5. The standard InChI is InChI=1S/C22H24N2O4/c1-16-11-17(2)13-20(12-16)24(10-4-9-23)21(25)15-28-22(26)19-7-5-18(6-8-19)14-27-3/h5-8,11-13H,4,10,14-15H2,1-3H3. The molecule has 0 aliphatic carbocycles. The largest absolute Gasteiger partial charge is 0.452 e. The summed E-state index contributed by atoms with van der Waals surface area (Å²) in [6.07, 6.45) is 0.188. The average molecular weight is 380 g/mol. The molecule has 1 amide bonds. The van der Waals surface area contributed by atoms with Crippen molar-refractivity contribution in [3.63, 3.8) is 0 Å². The minimum atomic E-state index is -0.571. The zero-order valence-corrected chi connectivity index (χ0v) is 16.4. The molecule has 0 N–H and O–H groups in total. The van der Waals surface area contributed by atoms with Gasteiger partial charge in [-0.25, -0.2) is 4.79 Å². The van der Waals surface area contributed by atoms with Crippen LogP contribution in [0.15, 0.2) is 42.5 Å². The van der Waals surface area contributed by atoms with E-state index in [2.05, 4.69) is 0 Å². The summed E-state index contributed by atoms with van der Waals surface area (Å²) in [5.41, 5.74) is 4.02. The van der Waals surface area contributed by atoms with Gasteiger partial charge >= 0.3 is 5.97 Å². The highest BCUT2D eigenvalue weighted by Gasteiger charge is 2.18. The second kappa shape index (κ2) is 10.2. The fraction of sp³-hybridized carbons (Fsp3) is 0.318. The number of hydrogen-bond donors (Lipinski definition) is 0. The Balaban J connectivity index is 2.06. The summed E-state index contributed by atoms with van der Waals surface area (Å²) < 4.78 is 10.2. The maximum Gasteiger partial charge on any atom is 0.338 e. The molecule has 0 aliphatic rings. The Hall–Kier alpha value is -3.17. The third kappa shape index (κ3) is 5.93. The van der Waals surface area contributed by atoms with Crippen LogP contribution in [0.2, 0.25) is 0 Å². The Kier molecular flexibility index (Phi) is 7.73. The van der Waals surface area contributed by atoms with Gasteiger partial charge in [0.15, 0.2) is 6.61 Å². The molecule has 0 spiro atoms. The number of carbonyl (C=O) groups excluding carboxylic acids is 2. The van der Waals surface area contributed by atoms with Gasteiger partial charge in [-0.3, -0.25) is 4.79 Å². The van der Waals surface area contributed by atoms with Crippen molar-refractivity contribution < 1.29 is 19.1 Å². The lowest BCUT2D eigenvalue weighted by Gasteiger charge is -2.22. The van der Waals surface area contributed by atoms with Gasteiger partial charge in [-0.05, 0) is 54.8 Å². The van der Waals surface area contributed by atoms with Gasteiger partial charge in [-0.1, -0.05) is 18.2 Å². The second-order valence-electron chi connectivity index (χ2n) is 6.51. The van der Waals surface area contributed by atoms with Crippen LogP contribution in [0.3, 0.4) is 0 Å². The molecule has 0 saturated heterocycles. The quantitative estimate of drug-likeness (QED) is 0.654. The molecule has 0 bridgehead atoms. The van der Waals surface area contributed by atoms with Gasteiger partial charge in [0, 0.05) is 19.3 Å². The van der Waals surface area contributed by atoms with Crippen LogP contribution in [0, 0.1) is 25.2 Å². The predicted octanol–water partition coefficient (Wildman–Crippen LogP) is 3.55. The summed E-state index contributed by atoms with van der Waals surface area (Å²) in [4.78, 5) is 26.4. The van der Waals surface area contributed by atoms with Gasteiger partial charge in [0.25, 0.3) is 5.91 Å². The van der Waals surface area contributed by atoms with E-state index in [9.17, 15) is 9.59 Å². The van der Waals surface area contributed by atoms with Crippen molar-refractivity contribution in [3.8, 4) is 6.07 Å². The molecule has 0 atom stereocenters. The van der Waals surface area contributed by atoms with Crippen LogP contribution in [0.4, 0.5) is 5.69 Å². The van der Waals surface area contributed by atoms with Gasteiger partial charge in [0.2, 0.25) is 0 Å². The third-order valence-corrected chi connectivity index (χ3v) is 4.09. The minimum Gasteiger partial charge on any atom is -0.452 e. The van der Waals surface area contributed by atoms with Crippen molar-refractivity contribution in [1.29, 1.82) is 5.26 Å². The maximum atomic E-state index is 12.7. The van der Waals surface area contributed by atoms with E-state index in [-0.39, 0.29) is 18.9 Å². The van der Waals surface area contributed by atoms with Crippen molar-refractivity contribution in [3.05, 3.63) is 64.7 Å². The van der Waals surface area contributed by atoms with Gasteiger partial charge < -0.3 is 14.4 Å². The number of methoxy groups -OCH3 is 1. The SMILES string of the molecule is COCc1ccc(C(=O)OCC(=O)N(CCC#N)c2cc(C)cc(C)c2)cc1. The van der Waals surface area contributed by atoms with Crippen LogP contribution in [0.1, 0.15) is 33.5 Å². The number of ether oxygens (including phenoxy) is 2. The van der Waals surface area contributed by atoms with Crippen LogP contribution < -0.4 is 4.90 Å². The highest BCUT2D eigenvalue weighted by Crippen LogP contribution is 2.19. The van der Waals surface area contributed by atoms with Crippen molar-refractivity contribution >= 4 is 17.6 Å². The lowest BCUT2D eigenvalue weighted by atomic mass is 10.1. The number of carbonyl (C=O) groups is 2. The molecule has 0 unspecified atom stereocenters. The number of nitriles is 1. The molecule has 2 aromatic carbocycles. The normalized spacial score (nSPS) is 10.2. The number of rotatable bonds is 8. The Morgan fingerprint density at radius 2 is 1.71 bits per heavy atom. The van der Waals surface area contributed by atoms with E-state index in [1.165, 1.54) is 4.90 Å². The summed E-state index contributed by atoms with van der Waals surface area (Å²) in [6.45, 7) is 4.18. The summed E-state index contributed by atoms with van der Waals surface area (Å²) in [6, 6.07) is 14.6. The second-order valence-corrected chi connectivity index (χ2v) is 6.51. The van der Waals surface area contributed by atoms with Crippen LogP contribution in [-0.4, -0.2) is 32.1 Å². The molecular weight excluding hydrogens is 356 g/mol. The Morgan fingerprint density at radius 3 is 2.29 bits per heavy atom. The van der Waals surface area contributed by atoms with E-state index in [1.54, 1.807) is 31.4 Å². The van der Waals surface area contributed by atoms with E-state index in [4.69, 9.17) is 14.7 Å². The Labute approximate surface area is 165 Å². The lowest BCUT2D eigenvalue weighted by Crippen LogP contribution is -2.35. The molecule has 28 heavy (non-hydrogen) atoms. The minimum absolute atomic E-state index is 0.188. The number of esters is 1. The molecule has 6 nitrogen and oxygen atoms in total. The lowest BCUT2D eigenvalue weighted by molar-refractivity contribution is -0.121. The fourth-order valence-electron chi connectivity index (χ4n) is 2.86. The Bertz CT molecular complexity index is 849. The molecule has 0 radical (unpaired) electrons. The van der Waals surface area contributed by atoms with Gasteiger partial charge in [-0.15, -0.1) is 0 Å². The maximum absolute atomic E-state index is 12.7. The first kappa shape index (κ1) is 21.1. The van der Waals surface area contributed by atoms with Gasteiger partial charge in [0.1, 0.15) is 0 Å². The monoisotopic (exact) mass is 380 g/mol. The first-order valence-corrected chi connectivity index (χ1v) is 8.95. The molecule has 0 aliphatic heterocycles. The first-order chi connectivity index (χ1) is 13.4. The van der Waals surface area contributed by atoms with Crippen molar-refractivity contribution in [2.24, 2.45) is 0 Å². The number of nitrogens with zero attached hydrogens (tertiary/aromatic N) is 2. The van der Waals surface area contributed by atoms with E-state index >= 15 is 0 Å². The number of amides is 1. The van der Waals surface area contributed by atoms with Gasteiger partial charge in [-0.2, -0.15) is 5.26 Å². The van der Waals surface area contributed by atoms with Crippen LogP contribution >= 0.6 is 0 Å². The molecule has 0 fully saturated rings. The first-order valence-electron chi connectivity index (χ1n) is 8.95. The summed E-state index contributed by atoms with van der Waals surface area (Å²) >= 11 is 0. The topological polar surface area (TPSA) is 79.6 Å². The van der Waals surface area contributed by atoms with Gasteiger partial charge in [0.05, 0.1) is 24.7 Å². The number of aryl methyl sites for hydroxylation is 2. The fourth-order valence-corrected chi connectivity index (χ4v) is 2.86. The van der Waals surface area contributed by atoms with Crippen LogP contribution in [0.5, 0.6) is 0 Å². The highest BCUT2D eigenvalue weighted by molar-refractivity contribution is 5.97. The van der Waals surface area contributed by atoms with Crippen molar-refractivity contribution in [1.82, 2.24) is 0 Å². The van der Waals surface area contributed by atoms with E-state index in [1.807, 2.05) is 38.1 Å². The molecule has 6 heteroatoms. The number of anilines is 1. The molecule has 146 valence electrons. The molecule has 0 aromatic heterocycles. The predicted molar refractivity (Wildman–Crippen MR) is 106 cm³/mol. The third-order valence-electron chi connectivity index (χ3n) is 4.09. The molecule has 0 saturated carbocycles. The molecular formula is C22H24N2O4. The summed E-state index contributed by atoms with van der Waals surface area (Å²) in [5, 5.41) is 8.90. The smallest absolute Gasteiger partial charge is 0.338 e. The molecule has 0 heterocycles.